The number of benzene rings is 1. The maximum absolute atomic E-state index is 13.2. The van der Waals surface area contributed by atoms with E-state index in [-0.39, 0.29) is 11.3 Å². The number of morpholine rings is 1. The Hall–Kier alpha value is -1.59. The molecule has 30 heavy (non-hydrogen) atoms. The smallest absolute Gasteiger partial charge is 0.223 e. The molecule has 1 atom stereocenters. The minimum atomic E-state index is 0.253. The lowest BCUT2D eigenvalue weighted by molar-refractivity contribution is -0.133. The second kappa shape index (κ2) is 11.7. The van der Waals surface area contributed by atoms with Crippen molar-refractivity contribution in [1.82, 2.24) is 9.80 Å². The zero-order valence-electron chi connectivity index (χ0n) is 20.1. The van der Waals surface area contributed by atoms with E-state index in [4.69, 9.17) is 4.74 Å². The number of hydrogen-bond donors (Lipinski definition) is 0. The van der Waals surface area contributed by atoms with Crippen LogP contribution in [0.5, 0.6) is 0 Å². The van der Waals surface area contributed by atoms with Crippen LogP contribution in [-0.2, 0) is 16.1 Å². The zero-order chi connectivity index (χ0) is 22.1. The lowest BCUT2D eigenvalue weighted by Crippen LogP contribution is -2.39. The maximum Gasteiger partial charge on any atom is 0.223 e. The Kier molecular flexibility index (Phi) is 9.63. The third-order valence-electron chi connectivity index (χ3n) is 5.67. The Morgan fingerprint density at radius 2 is 1.77 bits per heavy atom. The lowest BCUT2D eigenvalue weighted by Gasteiger charge is -2.30. The first-order chi connectivity index (χ1) is 14.1. The van der Waals surface area contributed by atoms with Crippen LogP contribution in [0.4, 0.5) is 5.69 Å². The molecule has 1 saturated heterocycles. The Labute approximate surface area is 184 Å². The number of nitrogens with zero attached hydrogens (tertiary/aromatic N) is 3. The fraction of sp³-hybridized carbons (Fsp3) is 0.720. The summed E-state index contributed by atoms with van der Waals surface area (Å²) in [5, 5.41) is 0. The highest BCUT2D eigenvalue weighted by Crippen LogP contribution is 2.26. The lowest BCUT2D eigenvalue weighted by atomic mass is 9.84. The Balaban J connectivity index is 1.97. The van der Waals surface area contributed by atoms with Crippen molar-refractivity contribution >= 4 is 11.6 Å². The molecule has 1 amide bonds. The van der Waals surface area contributed by atoms with Crippen molar-refractivity contribution in [3.63, 3.8) is 0 Å². The van der Waals surface area contributed by atoms with Gasteiger partial charge in [0.05, 0.1) is 13.2 Å². The highest BCUT2D eigenvalue weighted by atomic mass is 16.5. The van der Waals surface area contributed by atoms with Crippen LogP contribution in [0.15, 0.2) is 24.3 Å². The van der Waals surface area contributed by atoms with Gasteiger partial charge in [0.15, 0.2) is 0 Å². The maximum atomic E-state index is 13.2. The van der Waals surface area contributed by atoms with Gasteiger partial charge >= 0.3 is 0 Å². The van der Waals surface area contributed by atoms with Gasteiger partial charge in [-0.25, -0.2) is 0 Å². The molecular weight excluding hydrogens is 374 g/mol. The molecule has 1 aromatic rings. The summed E-state index contributed by atoms with van der Waals surface area (Å²) in [6.45, 7) is 15.2. The number of carbonyl (C=O) groups is 1. The molecule has 0 N–H and O–H groups in total. The summed E-state index contributed by atoms with van der Waals surface area (Å²) in [7, 11) is 4.10. The van der Waals surface area contributed by atoms with Gasteiger partial charge < -0.3 is 14.5 Å². The fourth-order valence-electron chi connectivity index (χ4n) is 4.27. The van der Waals surface area contributed by atoms with Crippen molar-refractivity contribution in [3.05, 3.63) is 29.8 Å². The highest BCUT2D eigenvalue weighted by molar-refractivity contribution is 5.76. The van der Waals surface area contributed by atoms with E-state index in [9.17, 15) is 4.79 Å². The van der Waals surface area contributed by atoms with Crippen LogP contribution in [0.1, 0.15) is 52.5 Å². The number of hydrogen-bond acceptors (Lipinski definition) is 4. The molecule has 1 unspecified atom stereocenters. The van der Waals surface area contributed by atoms with Crippen LogP contribution >= 0.6 is 0 Å². The van der Waals surface area contributed by atoms with E-state index in [0.29, 0.717) is 18.9 Å². The molecule has 1 heterocycles. The van der Waals surface area contributed by atoms with Crippen LogP contribution < -0.4 is 4.90 Å². The molecule has 0 radical (unpaired) electrons. The first-order valence-electron chi connectivity index (χ1n) is 11.5. The third-order valence-corrected chi connectivity index (χ3v) is 5.67. The molecule has 1 fully saturated rings. The van der Waals surface area contributed by atoms with Crippen LogP contribution in [0.2, 0.25) is 0 Å². The predicted octanol–water partition coefficient (Wildman–Crippen LogP) is 4.27. The number of rotatable bonds is 10. The normalized spacial score (nSPS) is 16.3. The molecule has 0 saturated carbocycles. The van der Waals surface area contributed by atoms with E-state index in [1.807, 2.05) is 14.1 Å². The second-order valence-corrected chi connectivity index (χ2v) is 10.3. The number of amides is 1. The van der Waals surface area contributed by atoms with Gasteiger partial charge in [0.2, 0.25) is 5.91 Å². The van der Waals surface area contributed by atoms with Gasteiger partial charge in [0.25, 0.3) is 0 Å². The molecule has 2 rings (SSSR count). The van der Waals surface area contributed by atoms with Crippen LogP contribution in [0.3, 0.4) is 0 Å². The second-order valence-electron chi connectivity index (χ2n) is 10.3. The summed E-state index contributed by atoms with van der Waals surface area (Å²) in [6, 6.07) is 8.56. The fourth-order valence-corrected chi connectivity index (χ4v) is 4.27. The molecule has 1 aromatic carbocycles. The Bertz CT molecular complexity index is 631. The van der Waals surface area contributed by atoms with Gasteiger partial charge in [-0.15, -0.1) is 0 Å². The average molecular weight is 418 g/mol. The van der Waals surface area contributed by atoms with Gasteiger partial charge in [0, 0.05) is 58.9 Å². The molecule has 0 aromatic heterocycles. The number of carbonyl (C=O) groups excluding carboxylic acids is 1. The summed E-state index contributed by atoms with van der Waals surface area (Å²) in [6.07, 6.45) is 2.71. The minimum absolute atomic E-state index is 0.253. The van der Waals surface area contributed by atoms with Crippen molar-refractivity contribution in [2.75, 3.05) is 58.4 Å². The summed E-state index contributed by atoms with van der Waals surface area (Å²) in [5.74, 6) is 0.681. The predicted molar refractivity (Wildman–Crippen MR) is 126 cm³/mol. The molecule has 0 aliphatic carbocycles. The van der Waals surface area contributed by atoms with Crippen molar-refractivity contribution in [2.24, 2.45) is 11.3 Å². The zero-order valence-corrected chi connectivity index (χ0v) is 20.1. The van der Waals surface area contributed by atoms with E-state index in [1.54, 1.807) is 0 Å². The molecule has 170 valence electrons. The van der Waals surface area contributed by atoms with E-state index >= 15 is 0 Å². The SMILES string of the molecule is CC(CC(=O)N(CCCN1CCOCC1)Cc1ccc(N(C)C)cc1)CC(C)(C)C. The van der Waals surface area contributed by atoms with Crippen molar-refractivity contribution < 1.29 is 9.53 Å². The van der Waals surface area contributed by atoms with Gasteiger partial charge in [-0.3, -0.25) is 9.69 Å². The summed E-state index contributed by atoms with van der Waals surface area (Å²) in [4.78, 5) is 19.8. The molecule has 0 bridgehead atoms. The van der Waals surface area contributed by atoms with E-state index in [2.05, 4.69) is 66.7 Å². The molecule has 5 heteroatoms. The van der Waals surface area contributed by atoms with Crippen molar-refractivity contribution in [2.45, 2.75) is 53.5 Å². The first-order valence-corrected chi connectivity index (χ1v) is 11.5. The van der Waals surface area contributed by atoms with Gasteiger partial charge in [-0.05, 0) is 41.9 Å². The molecule has 1 aliphatic heterocycles. The number of anilines is 1. The van der Waals surface area contributed by atoms with Gasteiger partial charge in [-0.2, -0.15) is 0 Å². The first kappa shape index (κ1) is 24.7. The summed E-state index contributed by atoms with van der Waals surface area (Å²) >= 11 is 0. The Morgan fingerprint density at radius 3 is 2.33 bits per heavy atom. The standard InChI is InChI=1S/C25H43N3O2/c1-21(19-25(2,3)4)18-24(29)28(13-7-12-27-14-16-30-17-15-27)20-22-8-10-23(11-9-22)26(5)6/h8-11,21H,7,12-20H2,1-6H3. The molecule has 0 spiro atoms. The topological polar surface area (TPSA) is 36.0 Å². The molecular formula is C25H43N3O2. The minimum Gasteiger partial charge on any atom is -0.379 e. The quantitative estimate of drug-likeness (QED) is 0.570. The van der Waals surface area contributed by atoms with Crippen LogP contribution in [-0.4, -0.2) is 69.2 Å². The summed E-state index contributed by atoms with van der Waals surface area (Å²) in [5.41, 5.74) is 2.63. The highest BCUT2D eigenvalue weighted by Gasteiger charge is 2.21. The largest absolute Gasteiger partial charge is 0.379 e. The molecule has 5 nitrogen and oxygen atoms in total. The van der Waals surface area contributed by atoms with Crippen molar-refractivity contribution in [3.8, 4) is 0 Å². The van der Waals surface area contributed by atoms with Crippen LogP contribution in [0.25, 0.3) is 0 Å². The van der Waals surface area contributed by atoms with E-state index in [0.717, 1.165) is 52.2 Å². The van der Waals surface area contributed by atoms with Crippen molar-refractivity contribution in [1.29, 1.82) is 0 Å². The van der Waals surface area contributed by atoms with Gasteiger partial charge in [0.1, 0.15) is 0 Å². The average Bonchev–Trinajstić information content (AvgIpc) is 2.66. The van der Waals surface area contributed by atoms with E-state index in [1.165, 1.54) is 11.3 Å². The monoisotopic (exact) mass is 417 g/mol. The summed E-state index contributed by atoms with van der Waals surface area (Å²) < 4.78 is 5.44. The number of ether oxygens (including phenoxy) is 1. The van der Waals surface area contributed by atoms with E-state index < -0.39 is 0 Å². The third kappa shape index (κ3) is 9.05. The van der Waals surface area contributed by atoms with Gasteiger partial charge in [-0.1, -0.05) is 39.8 Å². The Morgan fingerprint density at radius 1 is 1.13 bits per heavy atom. The van der Waals surface area contributed by atoms with Crippen LogP contribution in [0, 0.1) is 11.3 Å². The molecule has 1 aliphatic rings.